The van der Waals surface area contributed by atoms with Crippen molar-refractivity contribution in [1.29, 1.82) is 0 Å². The van der Waals surface area contributed by atoms with E-state index in [1.54, 1.807) is 12.0 Å². The minimum atomic E-state index is -0.222. The molecule has 1 saturated heterocycles. The van der Waals surface area contributed by atoms with Gasteiger partial charge in [0.25, 0.3) is 0 Å². The van der Waals surface area contributed by atoms with Crippen molar-refractivity contribution in [2.24, 2.45) is 0 Å². The Morgan fingerprint density at radius 2 is 2.18 bits per heavy atom. The molecular weight excluding hydrogens is 280 g/mol. The van der Waals surface area contributed by atoms with Crippen LogP contribution in [0.1, 0.15) is 36.4 Å². The van der Waals surface area contributed by atoms with Crippen molar-refractivity contribution < 1.29 is 14.3 Å². The first kappa shape index (κ1) is 15.2. The van der Waals surface area contributed by atoms with E-state index in [9.17, 15) is 4.79 Å². The van der Waals surface area contributed by atoms with Gasteiger partial charge >= 0.3 is 6.09 Å². The molecule has 1 heterocycles. The predicted molar refractivity (Wildman–Crippen MR) is 84.2 cm³/mol. The van der Waals surface area contributed by atoms with Crippen molar-refractivity contribution in [3.05, 3.63) is 29.3 Å². The van der Waals surface area contributed by atoms with Gasteiger partial charge in [0.15, 0.2) is 0 Å². The van der Waals surface area contributed by atoms with Crippen LogP contribution in [0.2, 0.25) is 0 Å². The molecule has 0 unspecified atom stereocenters. The average Bonchev–Trinajstić information content (AvgIpc) is 2.97. The lowest BCUT2D eigenvalue weighted by Gasteiger charge is -2.34. The summed E-state index contributed by atoms with van der Waals surface area (Å²) in [6, 6.07) is 6.95. The summed E-state index contributed by atoms with van der Waals surface area (Å²) in [5, 5.41) is 3.73. The zero-order valence-corrected chi connectivity index (χ0v) is 13.3. The van der Waals surface area contributed by atoms with Crippen LogP contribution in [0.3, 0.4) is 0 Å². The molecule has 2 aliphatic rings. The van der Waals surface area contributed by atoms with Gasteiger partial charge in [-0.3, -0.25) is 0 Å². The minimum absolute atomic E-state index is 0.222. The lowest BCUT2D eigenvalue weighted by molar-refractivity contribution is 0.106. The molecule has 1 fully saturated rings. The highest BCUT2D eigenvalue weighted by Gasteiger charge is 2.30. The second-order valence-corrected chi connectivity index (χ2v) is 6.04. The number of hydrogen-bond acceptors (Lipinski definition) is 4. The maximum absolute atomic E-state index is 11.7. The molecule has 1 amide bonds. The lowest BCUT2D eigenvalue weighted by Crippen LogP contribution is -2.48. The third-order valence-electron chi connectivity index (χ3n) is 4.74. The minimum Gasteiger partial charge on any atom is -0.496 e. The van der Waals surface area contributed by atoms with E-state index in [0.717, 1.165) is 44.5 Å². The highest BCUT2D eigenvalue weighted by molar-refractivity contribution is 5.67. The number of amides is 1. The van der Waals surface area contributed by atoms with Gasteiger partial charge < -0.3 is 19.7 Å². The Morgan fingerprint density at radius 1 is 1.32 bits per heavy atom. The highest BCUT2D eigenvalue weighted by atomic mass is 16.5. The maximum Gasteiger partial charge on any atom is 0.409 e. The van der Waals surface area contributed by atoms with E-state index in [-0.39, 0.29) is 6.09 Å². The predicted octanol–water partition coefficient (Wildman–Crippen LogP) is 2.50. The molecule has 0 bridgehead atoms. The number of hydrogen-bond donors (Lipinski definition) is 1. The van der Waals surface area contributed by atoms with Crippen molar-refractivity contribution in [2.75, 3.05) is 27.3 Å². The van der Waals surface area contributed by atoms with Gasteiger partial charge in [0.2, 0.25) is 0 Å². The molecule has 1 aliphatic heterocycles. The Hall–Kier alpha value is -1.75. The standard InChI is InChI=1S/C17H24N2O3/c1-21-16-7-3-6-13-14(16)8-9-15(13)18-12-5-4-10-19(11-12)17(20)22-2/h3,6-7,12,15,18H,4-5,8-11H2,1-2H3/t12-,15-/m1/s1. The van der Waals surface area contributed by atoms with Crippen LogP contribution in [-0.2, 0) is 11.2 Å². The fraction of sp³-hybridized carbons (Fsp3) is 0.588. The Labute approximate surface area is 131 Å². The quantitative estimate of drug-likeness (QED) is 0.932. The van der Waals surface area contributed by atoms with Crippen LogP contribution >= 0.6 is 0 Å². The topological polar surface area (TPSA) is 50.8 Å². The van der Waals surface area contributed by atoms with Gasteiger partial charge in [-0.05, 0) is 42.9 Å². The molecule has 0 radical (unpaired) electrons. The van der Waals surface area contributed by atoms with Gasteiger partial charge in [-0.2, -0.15) is 0 Å². The molecular formula is C17H24N2O3. The number of ether oxygens (including phenoxy) is 2. The van der Waals surface area contributed by atoms with Crippen molar-refractivity contribution in [1.82, 2.24) is 10.2 Å². The molecule has 0 saturated carbocycles. The van der Waals surface area contributed by atoms with Crippen LogP contribution in [0.25, 0.3) is 0 Å². The van der Waals surface area contributed by atoms with Gasteiger partial charge in [0.1, 0.15) is 5.75 Å². The van der Waals surface area contributed by atoms with Crippen molar-refractivity contribution in [2.45, 2.75) is 37.8 Å². The van der Waals surface area contributed by atoms with Crippen molar-refractivity contribution in [3.63, 3.8) is 0 Å². The summed E-state index contributed by atoms with van der Waals surface area (Å²) in [6.45, 7) is 1.52. The number of methoxy groups -OCH3 is 2. The fourth-order valence-corrected chi connectivity index (χ4v) is 3.68. The van der Waals surface area contributed by atoms with E-state index in [4.69, 9.17) is 9.47 Å². The van der Waals surface area contributed by atoms with E-state index in [1.807, 2.05) is 6.07 Å². The summed E-state index contributed by atoms with van der Waals surface area (Å²) >= 11 is 0. The third-order valence-corrected chi connectivity index (χ3v) is 4.74. The first-order chi connectivity index (χ1) is 10.7. The van der Waals surface area contributed by atoms with Crippen LogP contribution in [0.15, 0.2) is 18.2 Å². The SMILES string of the molecule is COC(=O)N1CCC[C@@H](N[C@@H]2CCc3c(OC)cccc32)C1. The Bertz CT molecular complexity index is 547. The molecule has 0 spiro atoms. The third kappa shape index (κ3) is 2.90. The van der Waals surface area contributed by atoms with E-state index >= 15 is 0 Å². The molecule has 120 valence electrons. The first-order valence-electron chi connectivity index (χ1n) is 7.97. The van der Waals surface area contributed by atoms with E-state index in [0.29, 0.717) is 12.1 Å². The fourth-order valence-electron chi connectivity index (χ4n) is 3.68. The van der Waals surface area contributed by atoms with Crippen LogP contribution in [0.4, 0.5) is 4.79 Å². The van der Waals surface area contributed by atoms with E-state index < -0.39 is 0 Å². The number of likely N-dealkylation sites (tertiary alicyclic amines) is 1. The average molecular weight is 304 g/mol. The number of fused-ring (bicyclic) bond motifs is 1. The van der Waals surface area contributed by atoms with Crippen LogP contribution in [0.5, 0.6) is 5.75 Å². The molecule has 1 aliphatic carbocycles. The normalized spacial score (nSPS) is 24.0. The van der Waals surface area contributed by atoms with Gasteiger partial charge in [-0.15, -0.1) is 0 Å². The maximum atomic E-state index is 11.7. The molecule has 1 aromatic carbocycles. The van der Waals surface area contributed by atoms with E-state index in [1.165, 1.54) is 18.2 Å². The molecule has 0 aromatic heterocycles. The summed E-state index contributed by atoms with van der Waals surface area (Å²) in [7, 11) is 3.17. The van der Waals surface area contributed by atoms with Crippen LogP contribution in [-0.4, -0.2) is 44.3 Å². The second-order valence-electron chi connectivity index (χ2n) is 6.04. The van der Waals surface area contributed by atoms with Crippen LogP contribution < -0.4 is 10.1 Å². The number of carbonyl (C=O) groups is 1. The summed E-state index contributed by atoms with van der Waals surface area (Å²) in [4.78, 5) is 13.5. The number of rotatable bonds is 3. The Balaban J connectivity index is 1.67. The smallest absolute Gasteiger partial charge is 0.409 e. The Morgan fingerprint density at radius 3 is 2.95 bits per heavy atom. The molecule has 1 aromatic rings. The number of piperidine rings is 1. The number of benzene rings is 1. The number of nitrogens with zero attached hydrogens (tertiary/aromatic N) is 1. The van der Waals surface area contributed by atoms with Crippen molar-refractivity contribution >= 4 is 6.09 Å². The van der Waals surface area contributed by atoms with Crippen LogP contribution in [0, 0.1) is 0 Å². The van der Waals surface area contributed by atoms with E-state index in [2.05, 4.69) is 17.4 Å². The van der Waals surface area contributed by atoms with Gasteiger partial charge in [-0.1, -0.05) is 12.1 Å². The van der Waals surface area contributed by atoms with Crippen molar-refractivity contribution in [3.8, 4) is 5.75 Å². The zero-order valence-electron chi connectivity index (χ0n) is 13.3. The monoisotopic (exact) mass is 304 g/mol. The summed E-state index contributed by atoms with van der Waals surface area (Å²) in [5.74, 6) is 0.988. The lowest BCUT2D eigenvalue weighted by atomic mass is 10.0. The summed E-state index contributed by atoms with van der Waals surface area (Å²) in [6.07, 6.45) is 4.03. The molecule has 22 heavy (non-hydrogen) atoms. The zero-order chi connectivity index (χ0) is 15.5. The molecule has 5 heteroatoms. The van der Waals surface area contributed by atoms with Gasteiger partial charge in [-0.25, -0.2) is 4.79 Å². The summed E-state index contributed by atoms with van der Waals surface area (Å²) in [5.41, 5.74) is 2.66. The molecule has 1 N–H and O–H groups in total. The van der Waals surface area contributed by atoms with Gasteiger partial charge in [0, 0.05) is 25.2 Å². The van der Waals surface area contributed by atoms with Gasteiger partial charge in [0.05, 0.1) is 14.2 Å². The molecule has 3 rings (SSSR count). The first-order valence-corrected chi connectivity index (χ1v) is 7.97. The summed E-state index contributed by atoms with van der Waals surface area (Å²) < 4.78 is 10.3. The number of carbonyl (C=O) groups excluding carboxylic acids is 1. The molecule has 5 nitrogen and oxygen atoms in total. The Kier molecular flexibility index (Phi) is 4.52. The number of nitrogens with one attached hydrogen (secondary N) is 1. The highest BCUT2D eigenvalue weighted by Crippen LogP contribution is 2.37. The molecule has 2 atom stereocenters. The second kappa shape index (κ2) is 6.57. The largest absolute Gasteiger partial charge is 0.496 e.